The van der Waals surface area contributed by atoms with E-state index in [-0.39, 0.29) is 12.1 Å². The minimum atomic E-state index is 0.180. The summed E-state index contributed by atoms with van der Waals surface area (Å²) in [6, 6.07) is 8.45. The zero-order valence-corrected chi connectivity index (χ0v) is 14.9. The SMILES string of the molecule is C[C@H](c1ccc(-n2cncn2)cc1)N(C)C(=S)NC[C@@H]1CCCO1. The molecule has 2 atom stereocenters. The molecule has 128 valence electrons. The molecule has 0 saturated carbocycles. The van der Waals surface area contributed by atoms with Crippen LogP contribution < -0.4 is 5.32 Å². The molecule has 1 saturated heterocycles. The van der Waals surface area contributed by atoms with E-state index in [1.165, 1.54) is 11.9 Å². The van der Waals surface area contributed by atoms with E-state index in [1.54, 1.807) is 11.0 Å². The number of aromatic nitrogens is 3. The van der Waals surface area contributed by atoms with Crippen molar-refractivity contribution in [3.05, 3.63) is 42.5 Å². The predicted molar refractivity (Wildman–Crippen MR) is 97.1 cm³/mol. The van der Waals surface area contributed by atoms with Gasteiger partial charge >= 0.3 is 0 Å². The Bertz CT molecular complexity index is 652. The van der Waals surface area contributed by atoms with Crippen LogP contribution in [-0.2, 0) is 4.74 Å². The maximum atomic E-state index is 5.62. The van der Waals surface area contributed by atoms with E-state index in [2.05, 4.69) is 39.4 Å². The molecule has 1 aliphatic rings. The fourth-order valence-corrected chi connectivity index (χ4v) is 3.02. The fraction of sp³-hybridized carbons (Fsp3) is 0.471. The first kappa shape index (κ1) is 16.9. The standard InChI is InChI=1S/C17H23N5OS/c1-13(21(2)17(24)19-10-16-4-3-9-23-16)14-5-7-15(8-6-14)22-12-18-11-20-22/h5-8,11-13,16H,3-4,9-10H2,1-2H3,(H,19,24)/t13-,16+/m1/s1. The highest BCUT2D eigenvalue weighted by Gasteiger charge is 2.18. The number of benzene rings is 1. The van der Waals surface area contributed by atoms with Crippen molar-refractivity contribution in [2.75, 3.05) is 20.2 Å². The van der Waals surface area contributed by atoms with Gasteiger partial charge in [0, 0.05) is 20.2 Å². The maximum absolute atomic E-state index is 5.62. The van der Waals surface area contributed by atoms with Gasteiger partial charge in [-0.2, -0.15) is 5.10 Å². The van der Waals surface area contributed by atoms with Crippen LogP contribution in [0.25, 0.3) is 5.69 Å². The molecule has 1 aromatic heterocycles. The second-order valence-corrected chi connectivity index (χ2v) is 6.43. The Morgan fingerprint density at radius 3 is 2.88 bits per heavy atom. The molecule has 3 rings (SSSR count). The lowest BCUT2D eigenvalue weighted by molar-refractivity contribution is 0.113. The van der Waals surface area contributed by atoms with Crippen molar-refractivity contribution in [3.63, 3.8) is 0 Å². The molecule has 2 heterocycles. The summed E-state index contributed by atoms with van der Waals surface area (Å²) in [5, 5.41) is 8.21. The van der Waals surface area contributed by atoms with Crippen LogP contribution in [-0.4, -0.2) is 51.1 Å². The molecular weight excluding hydrogens is 322 g/mol. The van der Waals surface area contributed by atoms with E-state index in [0.717, 1.165) is 36.8 Å². The van der Waals surface area contributed by atoms with Crippen LogP contribution in [0.5, 0.6) is 0 Å². The van der Waals surface area contributed by atoms with Crippen LogP contribution >= 0.6 is 12.2 Å². The average Bonchev–Trinajstić information content (AvgIpc) is 3.32. The van der Waals surface area contributed by atoms with Gasteiger partial charge < -0.3 is 15.0 Å². The van der Waals surface area contributed by atoms with E-state index in [4.69, 9.17) is 17.0 Å². The Morgan fingerprint density at radius 2 is 2.25 bits per heavy atom. The number of nitrogens with one attached hydrogen (secondary N) is 1. The molecule has 6 nitrogen and oxygen atoms in total. The van der Waals surface area contributed by atoms with Crippen molar-refractivity contribution in [1.82, 2.24) is 25.0 Å². The fourth-order valence-electron chi connectivity index (χ4n) is 2.78. The number of ether oxygens (including phenoxy) is 1. The molecule has 1 fully saturated rings. The van der Waals surface area contributed by atoms with E-state index < -0.39 is 0 Å². The molecule has 0 spiro atoms. The highest BCUT2D eigenvalue weighted by atomic mass is 32.1. The summed E-state index contributed by atoms with van der Waals surface area (Å²) in [5.74, 6) is 0. The van der Waals surface area contributed by atoms with Gasteiger partial charge in [-0.05, 0) is 49.7 Å². The van der Waals surface area contributed by atoms with Gasteiger partial charge in [0.2, 0.25) is 0 Å². The third-order valence-corrected chi connectivity index (χ3v) is 4.90. The van der Waals surface area contributed by atoms with E-state index in [1.807, 2.05) is 19.2 Å². The molecule has 1 N–H and O–H groups in total. The lowest BCUT2D eigenvalue weighted by Crippen LogP contribution is -2.41. The van der Waals surface area contributed by atoms with Crippen LogP contribution in [0.2, 0.25) is 0 Å². The van der Waals surface area contributed by atoms with Gasteiger partial charge in [0.1, 0.15) is 12.7 Å². The highest BCUT2D eigenvalue weighted by molar-refractivity contribution is 7.80. The number of nitrogens with zero attached hydrogens (tertiary/aromatic N) is 4. The molecular formula is C17H23N5OS. The number of rotatable bonds is 5. The molecule has 1 aliphatic heterocycles. The van der Waals surface area contributed by atoms with Crippen molar-refractivity contribution < 1.29 is 4.74 Å². The topological polar surface area (TPSA) is 55.2 Å². The Labute approximate surface area is 147 Å². The minimum Gasteiger partial charge on any atom is -0.376 e. The first-order valence-electron chi connectivity index (χ1n) is 8.22. The zero-order chi connectivity index (χ0) is 16.9. The van der Waals surface area contributed by atoms with Crippen molar-refractivity contribution in [3.8, 4) is 5.69 Å². The molecule has 0 aliphatic carbocycles. The molecule has 1 aromatic carbocycles. The Hall–Kier alpha value is -1.99. The quantitative estimate of drug-likeness (QED) is 0.840. The summed E-state index contributed by atoms with van der Waals surface area (Å²) >= 11 is 5.52. The second kappa shape index (κ2) is 7.72. The molecule has 0 bridgehead atoms. The van der Waals surface area contributed by atoms with Crippen LogP contribution in [0, 0.1) is 0 Å². The van der Waals surface area contributed by atoms with E-state index in [0.29, 0.717) is 0 Å². The minimum absolute atomic E-state index is 0.180. The van der Waals surface area contributed by atoms with Gasteiger partial charge in [0.05, 0.1) is 17.8 Å². The van der Waals surface area contributed by atoms with Crippen LogP contribution in [0.1, 0.15) is 31.4 Å². The Balaban J connectivity index is 1.57. The Kier molecular flexibility index (Phi) is 5.42. The largest absolute Gasteiger partial charge is 0.376 e. The van der Waals surface area contributed by atoms with Crippen molar-refractivity contribution >= 4 is 17.3 Å². The first-order valence-corrected chi connectivity index (χ1v) is 8.63. The highest BCUT2D eigenvalue weighted by Crippen LogP contribution is 2.20. The molecule has 7 heteroatoms. The van der Waals surface area contributed by atoms with Gasteiger partial charge in [-0.15, -0.1) is 0 Å². The van der Waals surface area contributed by atoms with Crippen LogP contribution in [0.3, 0.4) is 0 Å². The van der Waals surface area contributed by atoms with Crippen molar-refractivity contribution in [2.45, 2.75) is 31.9 Å². The first-order chi connectivity index (χ1) is 11.6. The lowest BCUT2D eigenvalue weighted by atomic mass is 10.1. The maximum Gasteiger partial charge on any atom is 0.169 e. The van der Waals surface area contributed by atoms with Crippen molar-refractivity contribution in [2.24, 2.45) is 0 Å². The zero-order valence-electron chi connectivity index (χ0n) is 14.1. The monoisotopic (exact) mass is 345 g/mol. The summed E-state index contributed by atoms with van der Waals surface area (Å²) in [5.41, 5.74) is 2.19. The third-order valence-electron chi connectivity index (χ3n) is 4.47. The molecule has 0 amide bonds. The summed E-state index contributed by atoms with van der Waals surface area (Å²) in [6.07, 6.45) is 5.76. The van der Waals surface area contributed by atoms with Crippen LogP contribution in [0.4, 0.5) is 0 Å². The molecule has 24 heavy (non-hydrogen) atoms. The number of hydrogen-bond acceptors (Lipinski definition) is 4. The lowest BCUT2D eigenvalue weighted by Gasteiger charge is -2.29. The van der Waals surface area contributed by atoms with Gasteiger partial charge in [-0.25, -0.2) is 9.67 Å². The van der Waals surface area contributed by atoms with Gasteiger partial charge in [-0.3, -0.25) is 0 Å². The van der Waals surface area contributed by atoms with Gasteiger partial charge in [-0.1, -0.05) is 12.1 Å². The Morgan fingerprint density at radius 1 is 1.46 bits per heavy atom. The average molecular weight is 345 g/mol. The predicted octanol–water partition coefficient (Wildman–Crippen LogP) is 2.31. The molecule has 0 radical (unpaired) electrons. The summed E-state index contributed by atoms with van der Waals surface area (Å²) < 4.78 is 7.36. The molecule has 0 unspecified atom stereocenters. The van der Waals surface area contributed by atoms with E-state index in [9.17, 15) is 0 Å². The third kappa shape index (κ3) is 3.91. The smallest absolute Gasteiger partial charge is 0.169 e. The summed E-state index contributed by atoms with van der Waals surface area (Å²) in [4.78, 5) is 6.05. The summed E-state index contributed by atoms with van der Waals surface area (Å²) in [7, 11) is 2.01. The van der Waals surface area contributed by atoms with Crippen LogP contribution in [0.15, 0.2) is 36.9 Å². The van der Waals surface area contributed by atoms with E-state index >= 15 is 0 Å². The van der Waals surface area contributed by atoms with Crippen molar-refractivity contribution in [1.29, 1.82) is 0 Å². The van der Waals surface area contributed by atoms with Gasteiger partial charge in [0.25, 0.3) is 0 Å². The number of hydrogen-bond donors (Lipinski definition) is 1. The second-order valence-electron chi connectivity index (χ2n) is 6.04. The molecule has 2 aromatic rings. The normalized spacial score (nSPS) is 18.3. The summed E-state index contributed by atoms with van der Waals surface area (Å²) in [6.45, 7) is 3.79. The van der Waals surface area contributed by atoms with Gasteiger partial charge in [0.15, 0.2) is 5.11 Å². The number of thiocarbonyl (C=S) groups is 1.